The first-order valence-corrected chi connectivity index (χ1v) is 3.92. The van der Waals surface area contributed by atoms with Crippen LogP contribution in [0.15, 0.2) is 6.20 Å². The summed E-state index contributed by atoms with van der Waals surface area (Å²) in [6.45, 7) is 1.93. The van der Waals surface area contributed by atoms with Crippen LogP contribution in [0.25, 0.3) is 0 Å². The normalized spacial score (nSPS) is 9.57. The highest BCUT2D eigenvalue weighted by atomic mass is 16.8. The van der Waals surface area contributed by atoms with E-state index in [4.69, 9.17) is 0 Å². The molecule has 1 N–H and O–H groups in total. The molecule has 0 bridgehead atoms. The predicted molar refractivity (Wildman–Crippen MR) is 44.8 cm³/mol. The highest BCUT2D eigenvalue weighted by Crippen LogP contribution is 2.07. The highest BCUT2D eigenvalue weighted by molar-refractivity contribution is 5.85. The van der Waals surface area contributed by atoms with Crippen LogP contribution < -0.4 is 0 Å². The number of hydrogen-bond acceptors (Lipinski definition) is 5. The molecule has 0 radical (unpaired) electrons. The molecule has 0 aromatic carbocycles. The lowest BCUT2D eigenvalue weighted by molar-refractivity contribution is -0.738. The van der Waals surface area contributed by atoms with Crippen molar-refractivity contribution in [2.45, 2.75) is 6.92 Å². The molecule has 0 unspecified atom stereocenters. The van der Waals surface area contributed by atoms with Crippen molar-refractivity contribution in [3.05, 3.63) is 16.9 Å². The van der Waals surface area contributed by atoms with Crippen LogP contribution in [0.1, 0.15) is 17.5 Å². The molecule has 0 fully saturated rings. The molecular weight excluding hydrogens is 190 g/mol. The molecule has 14 heavy (non-hydrogen) atoms. The van der Waals surface area contributed by atoms with Crippen molar-refractivity contribution in [3.63, 3.8) is 0 Å². The molecule has 0 aliphatic heterocycles. The van der Waals surface area contributed by atoms with Crippen LogP contribution in [0.3, 0.4) is 0 Å². The van der Waals surface area contributed by atoms with Gasteiger partial charge in [-0.15, -0.1) is 0 Å². The SMILES string of the molecule is CCOC(=O)c1ncc([N+](=O)OC)[nH]1. The minimum atomic E-state index is -0.608. The average molecular weight is 200 g/mol. The number of ether oxygens (including phenoxy) is 1. The van der Waals surface area contributed by atoms with E-state index in [1.54, 1.807) is 6.92 Å². The first-order valence-electron chi connectivity index (χ1n) is 3.92. The standard InChI is InChI=1S/C7H9N3O4/c1-3-14-7(11)6-8-4-5(9-6)10(12)13-2/h4H,3H2,1-2H3/p+1. The number of imidazole rings is 1. The molecule has 0 spiro atoms. The molecule has 0 aliphatic carbocycles. The number of hydrogen-bond donors (Lipinski definition) is 1. The second-order valence-electron chi connectivity index (χ2n) is 2.28. The predicted octanol–water partition coefficient (Wildman–Crippen LogP) is 0.558. The van der Waals surface area contributed by atoms with Gasteiger partial charge in [-0.1, -0.05) is 0 Å². The van der Waals surface area contributed by atoms with E-state index in [0.717, 1.165) is 0 Å². The monoisotopic (exact) mass is 200 g/mol. The van der Waals surface area contributed by atoms with E-state index in [2.05, 4.69) is 19.5 Å². The Morgan fingerprint density at radius 3 is 3.00 bits per heavy atom. The minimum absolute atomic E-state index is 0.0280. The van der Waals surface area contributed by atoms with Crippen LogP contribution in [-0.2, 0) is 9.57 Å². The summed E-state index contributed by atoms with van der Waals surface area (Å²) in [4.78, 5) is 32.6. The van der Waals surface area contributed by atoms with Gasteiger partial charge in [0, 0.05) is 0 Å². The first kappa shape index (κ1) is 10.2. The second-order valence-corrected chi connectivity index (χ2v) is 2.28. The summed E-state index contributed by atoms with van der Waals surface area (Å²) in [6, 6.07) is 0. The molecule has 7 heteroatoms. The number of esters is 1. The van der Waals surface area contributed by atoms with Crippen LogP contribution in [0, 0.1) is 4.91 Å². The van der Waals surface area contributed by atoms with Gasteiger partial charge in [0.15, 0.2) is 4.92 Å². The molecule has 76 valence electrons. The van der Waals surface area contributed by atoms with E-state index in [9.17, 15) is 9.70 Å². The third-order valence-corrected chi connectivity index (χ3v) is 1.39. The Morgan fingerprint density at radius 1 is 1.71 bits per heavy atom. The Balaban J connectivity index is 2.77. The smallest absolute Gasteiger partial charge is 0.398 e. The Bertz CT molecular complexity index is 346. The van der Waals surface area contributed by atoms with E-state index in [1.807, 2.05) is 0 Å². The van der Waals surface area contributed by atoms with Gasteiger partial charge in [-0.25, -0.2) is 14.8 Å². The second kappa shape index (κ2) is 4.35. The van der Waals surface area contributed by atoms with Gasteiger partial charge in [0.1, 0.15) is 13.3 Å². The fourth-order valence-corrected chi connectivity index (χ4v) is 0.806. The summed E-state index contributed by atoms with van der Waals surface area (Å²) >= 11 is 0. The molecule has 0 saturated carbocycles. The molecule has 1 rings (SSSR count). The molecule has 1 aromatic heterocycles. The zero-order valence-electron chi connectivity index (χ0n) is 7.81. The fourth-order valence-electron chi connectivity index (χ4n) is 0.806. The van der Waals surface area contributed by atoms with Crippen LogP contribution in [0.4, 0.5) is 5.82 Å². The molecule has 7 nitrogen and oxygen atoms in total. The lowest BCUT2D eigenvalue weighted by Gasteiger charge is -1.93. The van der Waals surface area contributed by atoms with Crippen LogP contribution in [0.2, 0.25) is 0 Å². The van der Waals surface area contributed by atoms with Gasteiger partial charge >= 0.3 is 17.6 Å². The van der Waals surface area contributed by atoms with Gasteiger partial charge in [-0.2, -0.15) is 0 Å². The van der Waals surface area contributed by atoms with E-state index in [-0.39, 0.29) is 23.2 Å². The van der Waals surface area contributed by atoms with Gasteiger partial charge in [-0.05, 0) is 11.8 Å². The Morgan fingerprint density at radius 2 is 2.43 bits per heavy atom. The fraction of sp³-hybridized carbons (Fsp3) is 0.429. The molecule has 0 aliphatic rings. The maximum absolute atomic E-state index is 11.1. The molecule has 0 amide bonds. The molecule has 1 heterocycles. The summed E-state index contributed by atoms with van der Waals surface area (Å²) in [5.74, 6) is -0.599. The number of aromatic amines is 1. The van der Waals surface area contributed by atoms with E-state index in [0.29, 0.717) is 0 Å². The third-order valence-electron chi connectivity index (χ3n) is 1.39. The van der Waals surface area contributed by atoms with E-state index in [1.165, 1.54) is 13.3 Å². The third kappa shape index (κ3) is 2.06. The van der Waals surface area contributed by atoms with Crippen molar-refractivity contribution in [3.8, 4) is 0 Å². The number of carbonyl (C=O) groups excluding carboxylic acids is 1. The summed E-state index contributed by atoms with van der Waals surface area (Å²) < 4.78 is 4.66. The molecule has 1 aromatic rings. The van der Waals surface area contributed by atoms with Gasteiger partial charge in [0.2, 0.25) is 0 Å². The van der Waals surface area contributed by atoms with Crippen LogP contribution >= 0.6 is 0 Å². The maximum Gasteiger partial charge on any atom is 0.398 e. The van der Waals surface area contributed by atoms with Crippen molar-refractivity contribution in [1.29, 1.82) is 0 Å². The summed E-state index contributed by atoms with van der Waals surface area (Å²) in [5, 5.41) is 0. The van der Waals surface area contributed by atoms with Gasteiger partial charge in [0.25, 0.3) is 0 Å². The summed E-state index contributed by atoms with van der Waals surface area (Å²) in [6.07, 6.45) is 1.18. The largest absolute Gasteiger partial charge is 0.459 e. The topological polar surface area (TPSA) is 84.3 Å². The number of aromatic nitrogens is 2. The van der Waals surface area contributed by atoms with Gasteiger partial charge < -0.3 is 9.57 Å². The summed E-state index contributed by atoms with van der Waals surface area (Å²) in [7, 11) is 1.21. The average Bonchev–Trinajstić information content (AvgIpc) is 2.66. The van der Waals surface area contributed by atoms with Crippen LogP contribution in [0.5, 0.6) is 0 Å². The van der Waals surface area contributed by atoms with Crippen molar-refractivity contribution >= 4 is 11.8 Å². The Labute approximate surface area is 79.6 Å². The molecule has 0 atom stereocenters. The van der Waals surface area contributed by atoms with Crippen molar-refractivity contribution in [1.82, 2.24) is 9.97 Å². The lowest BCUT2D eigenvalue weighted by Crippen LogP contribution is -2.07. The van der Waals surface area contributed by atoms with Crippen molar-refractivity contribution < 1.29 is 19.3 Å². The van der Waals surface area contributed by atoms with E-state index < -0.39 is 5.97 Å². The van der Waals surface area contributed by atoms with E-state index >= 15 is 0 Å². The quantitative estimate of drug-likeness (QED) is 0.567. The number of nitrogens with one attached hydrogen (secondary N) is 1. The van der Waals surface area contributed by atoms with Crippen LogP contribution in [-0.4, -0.2) is 34.6 Å². The zero-order chi connectivity index (χ0) is 10.6. The van der Waals surface area contributed by atoms with Gasteiger partial charge in [-0.3, -0.25) is 0 Å². The summed E-state index contributed by atoms with van der Waals surface area (Å²) in [5.41, 5.74) is 0. The van der Waals surface area contributed by atoms with Gasteiger partial charge in [0.05, 0.1) is 6.61 Å². The Kier molecular flexibility index (Phi) is 3.16. The number of H-pyrrole nitrogens is 1. The lowest BCUT2D eigenvalue weighted by atomic mass is 10.6. The van der Waals surface area contributed by atoms with Crippen molar-refractivity contribution in [2.24, 2.45) is 0 Å². The van der Waals surface area contributed by atoms with Crippen molar-refractivity contribution in [2.75, 3.05) is 13.7 Å². The molecular formula is C7H10N3O4+. The maximum atomic E-state index is 11.1. The number of nitrogens with zero attached hydrogens (tertiary/aromatic N) is 2. The number of rotatable bonds is 4. The molecule has 0 saturated heterocycles. The first-order chi connectivity index (χ1) is 6.69. The minimum Gasteiger partial charge on any atom is -0.459 e. The zero-order valence-corrected chi connectivity index (χ0v) is 7.81. The number of carbonyl (C=O) groups is 1. The Hall–Kier alpha value is -1.92. The highest BCUT2D eigenvalue weighted by Gasteiger charge is 2.21.